The molecule has 4 aromatic carbocycles. The van der Waals surface area contributed by atoms with Crippen LogP contribution in [0.25, 0.3) is 0 Å². The summed E-state index contributed by atoms with van der Waals surface area (Å²) in [6.07, 6.45) is 0.601. The molecule has 1 unspecified atom stereocenters. The van der Waals surface area contributed by atoms with Gasteiger partial charge in [-0.2, -0.15) is 0 Å². The van der Waals surface area contributed by atoms with Crippen LogP contribution in [0.3, 0.4) is 0 Å². The summed E-state index contributed by atoms with van der Waals surface area (Å²) in [5.74, 6) is 0.654. The summed E-state index contributed by atoms with van der Waals surface area (Å²) < 4.78 is 5.29. The van der Waals surface area contributed by atoms with Crippen LogP contribution in [0, 0.1) is 6.92 Å². The van der Waals surface area contributed by atoms with Gasteiger partial charge in [0.1, 0.15) is 5.75 Å². The number of amides is 1. The lowest BCUT2D eigenvalue weighted by Gasteiger charge is -2.32. The molecule has 4 nitrogen and oxygen atoms in total. The number of aliphatic imine (C=N–C) groups is 1. The summed E-state index contributed by atoms with van der Waals surface area (Å²) in [4.78, 5) is 21.0. The van der Waals surface area contributed by atoms with Gasteiger partial charge in [-0.3, -0.25) is 14.7 Å². The zero-order valence-corrected chi connectivity index (χ0v) is 19.3. The summed E-state index contributed by atoms with van der Waals surface area (Å²) in [6, 6.07) is 33.6. The second-order valence-electron chi connectivity index (χ2n) is 8.45. The highest BCUT2D eigenvalue weighted by atomic mass is 16.5. The van der Waals surface area contributed by atoms with E-state index in [1.165, 1.54) is 5.56 Å². The zero-order chi connectivity index (χ0) is 23.5. The van der Waals surface area contributed by atoms with Crippen molar-refractivity contribution in [2.75, 3.05) is 12.0 Å². The first-order chi connectivity index (χ1) is 16.6. The van der Waals surface area contributed by atoms with Crippen molar-refractivity contribution < 1.29 is 9.53 Å². The van der Waals surface area contributed by atoms with Gasteiger partial charge in [0.05, 0.1) is 30.2 Å². The molecular formula is C30H26N2O2. The number of ether oxygens (including phenoxy) is 1. The van der Waals surface area contributed by atoms with Gasteiger partial charge in [-0.25, -0.2) is 0 Å². The number of aryl methyl sites for hydroxylation is 1. The predicted octanol–water partition coefficient (Wildman–Crippen LogP) is 6.92. The van der Waals surface area contributed by atoms with E-state index in [4.69, 9.17) is 9.73 Å². The number of benzene rings is 4. The highest BCUT2D eigenvalue weighted by Gasteiger charge is 2.33. The van der Waals surface area contributed by atoms with E-state index in [0.29, 0.717) is 12.0 Å². The average molecular weight is 447 g/mol. The predicted molar refractivity (Wildman–Crippen MR) is 137 cm³/mol. The quantitative estimate of drug-likeness (QED) is 0.342. The van der Waals surface area contributed by atoms with Crippen LogP contribution in [0.1, 0.15) is 39.5 Å². The Bertz CT molecular complexity index is 1330. The third-order valence-corrected chi connectivity index (χ3v) is 6.22. The van der Waals surface area contributed by atoms with E-state index in [-0.39, 0.29) is 11.9 Å². The normalized spacial score (nSPS) is 15.2. The lowest BCUT2D eigenvalue weighted by Crippen LogP contribution is -2.35. The van der Waals surface area contributed by atoms with E-state index in [0.717, 1.165) is 34.0 Å². The first-order valence-electron chi connectivity index (χ1n) is 11.4. The topological polar surface area (TPSA) is 41.9 Å². The number of nitrogens with zero attached hydrogens (tertiary/aromatic N) is 2. The van der Waals surface area contributed by atoms with Gasteiger partial charge < -0.3 is 4.74 Å². The molecule has 0 bridgehead atoms. The minimum absolute atomic E-state index is 0.0655. The first kappa shape index (κ1) is 21.7. The SMILES string of the molecule is COc1ccc(C(=O)N2c3ccccc3N=C(c3ccc(C)cc3)CC2c2ccccc2)cc1. The number of carbonyl (C=O) groups excluding carboxylic acids is 1. The number of hydrogen-bond donors (Lipinski definition) is 0. The Labute approximate surface area is 200 Å². The van der Waals surface area contributed by atoms with Crippen molar-refractivity contribution in [1.82, 2.24) is 0 Å². The number of fused-ring (bicyclic) bond motifs is 1. The Morgan fingerprint density at radius 1 is 0.853 bits per heavy atom. The molecule has 0 spiro atoms. The Hall–Kier alpha value is -4.18. The minimum Gasteiger partial charge on any atom is -0.497 e. The molecule has 4 heteroatoms. The van der Waals surface area contributed by atoms with Gasteiger partial charge in [0.2, 0.25) is 0 Å². The molecule has 1 aliphatic rings. The Morgan fingerprint density at radius 2 is 1.53 bits per heavy atom. The van der Waals surface area contributed by atoms with Crippen LogP contribution >= 0.6 is 0 Å². The molecule has 0 aliphatic carbocycles. The smallest absolute Gasteiger partial charge is 0.258 e. The van der Waals surface area contributed by atoms with Gasteiger partial charge in [0.25, 0.3) is 5.91 Å². The number of anilines is 1. The molecule has 1 amide bonds. The minimum atomic E-state index is -0.209. The zero-order valence-electron chi connectivity index (χ0n) is 19.3. The van der Waals surface area contributed by atoms with Gasteiger partial charge in [0.15, 0.2) is 0 Å². The van der Waals surface area contributed by atoms with E-state index in [1.54, 1.807) is 7.11 Å². The molecule has 4 aromatic rings. The van der Waals surface area contributed by atoms with Crippen LogP contribution in [-0.2, 0) is 0 Å². The van der Waals surface area contributed by atoms with Crippen molar-refractivity contribution in [2.45, 2.75) is 19.4 Å². The Morgan fingerprint density at radius 3 is 2.24 bits per heavy atom. The van der Waals surface area contributed by atoms with E-state index >= 15 is 0 Å². The summed E-state index contributed by atoms with van der Waals surface area (Å²) >= 11 is 0. The van der Waals surface area contributed by atoms with Gasteiger partial charge in [-0.05, 0) is 54.4 Å². The third-order valence-electron chi connectivity index (χ3n) is 6.22. The largest absolute Gasteiger partial charge is 0.497 e. The lowest BCUT2D eigenvalue weighted by atomic mass is 9.95. The summed E-state index contributed by atoms with van der Waals surface area (Å²) in [7, 11) is 1.62. The van der Waals surface area contributed by atoms with Crippen molar-refractivity contribution in [3.8, 4) is 5.75 Å². The van der Waals surface area contributed by atoms with Crippen molar-refractivity contribution in [1.29, 1.82) is 0 Å². The van der Waals surface area contributed by atoms with Gasteiger partial charge in [-0.15, -0.1) is 0 Å². The maximum atomic E-state index is 14.0. The van der Waals surface area contributed by atoms with Crippen LogP contribution in [0.4, 0.5) is 11.4 Å². The standard InChI is InChI=1S/C30H26N2O2/c1-21-12-14-22(15-13-21)27-20-29(23-8-4-3-5-9-23)32(28-11-7-6-10-26(28)31-27)30(33)24-16-18-25(34-2)19-17-24/h3-19,29H,20H2,1-2H3. The highest BCUT2D eigenvalue weighted by molar-refractivity contribution is 6.11. The Balaban J connectivity index is 1.66. The maximum Gasteiger partial charge on any atom is 0.258 e. The average Bonchev–Trinajstić information content (AvgIpc) is 3.06. The number of methoxy groups -OCH3 is 1. The fraction of sp³-hybridized carbons (Fsp3) is 0.133. The van der Waals surface area contributed by atoms with Gasteiger partial charge in [0, 0.05) is 12.0 Å². The van der Waals surface area contributed by atoms with Crippen LogP contribution in [0.5, 0.6) is 5.75 Å². The number of hydrogen-bond acceptors (Lipinski definition) is 3. The molecule has 0 radical (unpaired) electrons. The van der Waals surface area contributed by atoms with Gasteiger partial charge >= 0.3 is 0 Å². The molecular weight excluding hydrogens is 420 g/mol. The molecule has 0 N–H and O–H groups in total. The van der Waals surface area contributed by atoms with E-state index in [9.17, 15) is 4.79 Å². The summed E-state index contributed by atoms with van der Waals surface area (Å²) in [6.45, 7) is 2.08. The van der Waals surface area contributed by atoms with E-state index in [1.807, 2.05) is 71.6 Å². The molecule has 0 saturated carbocycles. The van der Waals surface area contributed by atoms with E-state index in [2.05, 4.69) is 43.3 Å². The van der Waals surface area contributed by atoms with Gasteiger partial charge in [-0.1, -0.05) is 72.3 Å². The van der Waals surface area contributed by atoms with Crippen LogP contribution in [0.15, 0.2) is 108 Å². The van der Waals surface area contributed by atoms with Crippen LogP contribution in [0.2, 0.25) is 0 Å². The molecule has 34 heavy (non-hydrogen) atoms. The molecule has 0 saturated heterocycles. The second kappa shape index (κ2) is 9.36. The molecule has 1 atom stereocenters. The first-order valence-corrected chi connectivity index (χ1v) is 11.4. The highest BCUT2D eigenvalue weighted by Crippen LogP contribution is 2.41. The third kappa shape index (κ3) is 4.23. The van der Waals surface area contributed by atoms with Crippen molar-refractivity contribution in [3.05, 3.63) is 125 Å². The molecule has 5 rings (SSSR count). The number of para-hydroxylation sites is 2. The molecule has 0 aromatic heterocycles. The fourth-order valence-electron chi connectivity index (χ4n) is 4.39. The fourth-order valence-corrected chi connectivity index (χ4v) is 4.39. The van der Waals surface area contributed by atoms with Crippen LogP contribution < -0.4 is 9.64 Å². The molecule has 0 fully saturated rings. The second-order valence-corrected chi connectivity index (χ2v) is 8.45. The lowest BCUT2D eigenvalue weighted by molar-refractivity contribution is 0.0977. The summed E-state index contributed by atoms with van der Waals surface area (Å²) in [5, 5.41) is 0. The van der Waals surface area contributed by atoms with Crippen molar-refractivity contribution in [2.24, 2.45) is 4.99 Å². The van der Waals surface area contributed by atoms with Crippen LogP contribution in [-0.4, -0.2) is 18.7 Å². The van der Waals surface area contributed by atoms with Crippen molar-refractivity contribution >= 4 is 23.0 Å². The Kier molecular flexibility index (Phi) is 5.96. The van der Waals surface area contributed by atoms with Crippen molar-refractivity contribution in [3.63, 3.8) is 0 Å². The maximum absolute atomic E-state index is 14.0. The monoisotopic (exact) mass is 446 g/mol. The summed E-state index contributed by atoms with van der Waals surface area (Å²) in [5.41, 5.74) is 6.51. The number of carbonyl (C=O) groups is 1. The van der Waals surface area contributed by atoms with E-state index < -0.39 is 0 Å². The molecule has 1 aliphatic heterocycles. The molecule has 168 valence electrons. The number of rotatable bonds is 4. The molecule has 1 heterocycles.